The number of benzene rings is 2. The molecule has 1 aliphatic carbocycles. The smallest absolute Gasteiger partial charge is 0.180 e. The number of methoxy groups -OCH3 is 1. The largest absolute Gasteiger partial charge is 0.493 e. The molecule has 0 bridgehead atoms. The van der Waals surface area contributed by atoms with Crippen LogP contribution in [-0.4, -0.2) is 38.2 Å². The molecule has 1 atom stereocenters. The number of nitrogens with zero attached hydrogens (tertiary/aromatic N) is 1. The average molecular weight is 454 g/mol. The standard InChI is InChI=1S/C28H39NO4/c1-32-28(31)25-14-16-26(17-15-25)29(19-8-3-9-21-30)20-18-24-12-6-7-13-27(24)33-22-23-10-4-2-5-11-23/h6-7,12-17,21,23,28,31H,2-5,8-11,18-20,22H2,1H3. The van der Waals surface area contributed by atoms with Gasteiger partial charge in [0.05, 0.1) is 6.61 Å². The van der Waals surface area contributed by atoms with Crippen LogP contribution < -0.4 is 9.64 Å². The van der Waals surface area contributed by atoms with E-state index < -0.39 is 6.29 Å². The molecule has 2 aromatic carbocycles. The third-order valence-corrected chi connectivity index (χ3v) is 6.59. The summed E-state index contributed by atoms with van der Waals surface area (Å²) in [6, 6.07) is 16.3. The minimum atomic E-state index is -0.909. The van der Waals surface area contributed by atoms with Gasteiger partial charge in [-0.15, -0.1) is 0 Å². The van der Waals surface area contributed by atoms with Gasteiger partial charge in [0.2, 0.25) is 0 Å². The molecular weight excluding hydrogens is 414 g/mol. The summed E-state index contributed by atoms with van der Waals surface area (Å²) < 4.78 is 11.3. The Morgan fingerprint density at radius 1 is 1.03 bits per heavy atom. The third kappa shape index (κ3) is 8.17. The molecule has 0 aromatic heterocycles. The van der Waals surface area contributed by atoms with Gasteiger partial charge >= 0.3 is 0 Å². The molecule has 2 aromatic rings. The van der Waals surface area contributed by atoms with Crippen LogP contribution in [-0.2, 0) is 16.0 Å². The highest BCUT2D eigenvalue weighted by Gasteiger charge is 2.15. The molecule has 5 heteroatoms. The van der Waals surface area contributed by atoms with Crippen LogP contribution in [0.15, 0.2) is 48.5 Å². The van der Waals surface area contributed by atoms with Gasteiger partial charge in [0.15, 0.2) is 6.29 Å². The molecule has 1 unspecified atom stereocenters. The lowest BCUT2D eigenvalue weighted by Gasteiger charge is -2.26. The number of aliphatic hydroxyl groups is 1. The monoisotopic (exact) mass is 453 g/mol. The first-order valence-corrected chi connectivity index (χ1v) is 12.4. The van der Waals surface area contributed by atoms with Crippen molar-refractivity contribution >= 4 is 12.0 Å². The van der Waals surface area contributed by atoms with E-state index in [0.717, 1.165) is 62.2 Å². The predicted molar refractivity (Wildman–Crippen MR) is 133 cm³/mol. The number of aldehydes is 1. The van der Waals surface area contributed by atoms with E-state index in [1.54, 1.807) is 0 Å². The number of para-hydroxylation sites is 1. The number of hydrogen-bond acceptors (Lipinski definition) is 5. The maximum atomic E-state index is 10.7. The van der Waals surface area contributed by atoms with E-state index in [9.17, 15) is 9.90 Å². The normalized spacial score (nSPS) is 15.2. The van der Waals surface area contributed by atoms with Crippen molar-refractivity contribution in [1.29, 1.82) is 0 Å². The van der Waals surface area contributed by atoms with Crippen LogP contribution in [0.25, 0.3) is 0 Å². The Bertz CT molecular complexity index is 817. The van der Waals surface area contributed by atoms with Crippen LogP contribution in [0.3, 0.4) is 0 Å². The Kier molecular flexibility index (Phi) is 10.7. The highest BCUT2D eigenvalue weighted by Crippen LogP contribution is 2.27. The lowest BCUT2D eigenvalue weighted by Crippen LogP contribution is -2.27. The summed E-state index contributed by atoms with van der Waals surface area (Å²) in [4.78, 5) is 13.1. The minimum absolute atomic E-state index is 0.602. The van der Waals surface area contributed by atoms with E-state index in [1.807, 2.05) is 24.3 Å². The number of rotatable bonds is 14. The highest BCUT2D eigenvalue weighted by molar-refractivity contribution is 5.49. The molecular formula is C28H39NO4. The van der Waals surface area contributed by atoms with E-state index in [-0.39, 0.29) is 0 Å². The van der Waals surface area contributed by atoms with Gasteiger partial charge in [0, 0.05) is 37.9 Å². The molecule has 0 spiro atoms. The van der Waals surface area contributed by atoms with Crippen molar-refractivity contribution < 1.29 is 19.4 Å². The second kappa shape index (κ2) is 14.0. The van der Waals surface area contributed by atoms with E-state index >= 15 is 0 Å². The summed E-state index contributed by atoms with van der Waals surface area (Å²) in [5.41, 5.74) is 3.08. The number of carbonyl (C=O) groups excluding carboxylic acids is 1. The fourth-order valence-electron chi connectivity index (χ4n) is 4.55. The van der Waals surface area contributed by atoms with Crippen LogP contribution in [0.2, 0.25) is 0 Å². The first kappa shape index (κ1) is 25.3. The lowest BCUT2D eigenvalue weighted by molar-refractivity contribution is -0.107. The van der Waals surface area contributed by atoms with Crippen molar-refractivity contribution in [2.24, 2.45) is 5.92 Å². The summed E-state index contributed by atoms with van der Waals surface area (Å²) >= 11 is 0. The summed E-state index contributed by atoms with van der Waals surface area (Å²) in [5.74, 6) is 1.68. The fourth-order valence-corrected chi connectivity index (χ4v) is 4.55. The summed E-state index contributed by atoms with van der Waals surface area (Å²) in [7, 11) is 1.49. The zero-order chi connectivity index (χ0) is 23.3. The van der Waals surface area contributed by atoms with Crippen molar-refractivity contribution in [3.63, 3.8) is 0 Å². The second-order valence-electron chi connectivity index (χ2n) is 9.00. The second-order valence-corrected chi connectivity index (χ2v) is 9.00. The molecule has 0 saturated heterocycles. The number of ether oxygens (including phenoxy) is 2. The molecule has 1 saturated carbocycles. The van der Waals surface area contributed by atoms with Crippen LogP contribution in [0.4, 0.5) is 5.69 Å². The Morgan fingerprint density at radius 3 is 2.52 bits per heavy atom. The Hall–Kier alpha value is -2.37. The van der Waals surface area contributed by atoms with Crippen LogP contribution in [0.5, 0.6) is 5.75 Å². The molecule has 33 heavy (non-hydrogen) atoms. The first-order chi connectivity index (χ1) is 16.2. The average Bonchev–Trinajstić information content (AvgIpc) is 2.88. The molecule has 180 valence electrons. The van der Waals surface area contributed by atoms with Gasteiger partial charge in [0.25, 0.3) is 0 Å². The molecule has 5 nitrogen and oxygen atoms in total. The summed E-state index contributed by atoms with van der Waals surface area (Å²) in [6.07, 6.45) is 10.0. The van der Waals surface area contributed by atoms with E-state index in [1.165, 1.54) is 44.8 Å². The topological polar surface area (TPSA) is 59.0 Å². The van der Waals surface area contributed by atoms with Gasteiger partial charge in [-0.25, -0.2) is 0 Å². The van der Waals surface area contributed by atoms with Crippen molar-refractivity contribution in [2.45, 2.75) is 64.1 Å². The predicted octanol–water partition coefficient (Wildman–Crippen LogP) is 5.70. The Balaban J connectivity index is 1.64. The van der Waals surface area contributed by atoms with Crippen LogP contribution >= 0.6 is 0 Å². The molecule has 0 heterocycles. The Labute approximate surface area is 198 Å². The number of anilines is 1. The Morgan fingerprint density at radius 2 is 1.79 bits per heavy atom. The minimum Gasteiger partial charge on any atom is -0.493 e. The van der Waals surface area contributed by atoms with Crippen molar-refractivity contribution in [3.8, 4) is 5.75 Å². The number of hydrogen-bond donors (Lipinski definition) is 1. The lowest BCUT2D eigenvalue weighted by atomic mass is 9.90. The molecule has 0 aliphatic heterocycles. The van der Waals surface area contributed by atoms with E-state index in [2.05, 4.69) is 29.2 Å². The van der Waals surface area contributed by atoms with Crippen molar-refractivity contribution in [2.75, 3.05) is 31.7 Å². The molecule has 0 amide bonds. The number of unbranched alkanes of at least 4 members (excludes halogenated alkanes) is 2. The fraction of sp³-hybridized carbons (Fsp3) is 0.536. The van der Waals surface area contributed by atoms with Crippen LogP contribution in [0, 0.1) is 5.92 Å². The molecule has 3 rings (SSSR count). The van der Waals surface area contributed by atoms with Gasteiger partial charge < -0.3 is 24.3 Å². The molecule has 1 N–H and O–H groups in total. The van der Waals surface area contributed by atoms with Gasteiger partial charge in [0.1, 0.15) is 12.0 Å². The third-order valence-electron chi connectivity index (χ3n) is 6.59. The van der Waals surface area contributed by atoms with E-state index in [4.69, 9.17) is 9.47 Å². The van der Waals surface area contributed by atoms with Gasteiger partial charge in [-0.2, -0.15) is 0 Å². The molecule has 0 radical (unpaired) electrons. The zero-order valence-electron chi connectivity index (χ0n) is 20.0. The zero-order valence-corrected chi connectivity index (χ0v) is 20.0. The quantitative estimate of drug-likeness (QED) is 0.226. The van der Waals surface area contributed by atoms with Crippen LogP contribution in [0.1, 0.15) is 68.8 Å². The number of aliphatic hydroxyl groups excluding tert-OH is 1. The number of carbonyl (C=O) groups is 1. The summed E-state index contributed by atoms with van der Waals surface area (Å²) in [6.45, 7) is 2.55. The molecule has 1 fully saturated rings. The van der Waals surface area contributed by atoms with Gasteiger partial charge in [-0.3, -0.25) is 0 Å². The first-order valence-electron chi connectivity index (χ1n) is 12.4. The highest BCUT2D eigenvalue weighted by atomic mass is 16.6. The molecule has 1 aliphatic rings. The van der Waals surface area contributed by atoms with Crippen molar-refractivity contribution in [1.82, 2.24) is 0 Å². The maximum Gasteiger partial charge on any atom is 0.180 e. The van der Waals surface area contributed by atoms with Gasteiger partial charge in [-0.1, -0.05) is 49.6 Å². The summed E-state index contributed by atoms with van der Waals surface area (Å²) in [5, 5.41) is 9.90. The SMILES string of the molecule is COC(O)c1ccc(N(CCCCC=O)CCc2ccccc2OCC2CCCCC2)cc1. The van der Waals surface area contributed by atoms with E-state index in [0.29, 0.717) is 12.3 Å². The van der Waals surface area contributed by atoms with Crippen molar-refractivity contribution in [3.05, 3.63) is 59.7 Å². The van der Waals surface area contributed by atoms with Gasteiger partial charge in [-0.05, 0) is 61.8 Å². The maximum absolute atomic E-state index is 10.7.